The Kier molecular flexibility index (Phi) is 3.09. The van der Waals surface area contributed by atoms with Crippen molar-refractivity contribution >= 4 is 11.6 Å². The molecule has 6 nitrogen and oxygen atoms in total. The Balaban J connectivity index is 0.000000138. The molecule has 2 aromatic rings. The predicted octanol–water partition coefficient (Wildman–Crippen LogP) is 0.867. The second-order valence-electron chi connectivity index (χ2n) is 3.92. The van der Waals surface area contributed by atoms with Crippen LogP contribution in [0.2, 0.25) is 0 Å². The fraction of sp³-hybridized carbons (Fsp3) is 0.400. The summed E-state index contributed by atoms with van der Waals surface area (Å²) in [5.41, 5.74) is 10.6. The minimum Gasteiger partial charge on any atom is -0.384 e. The molecule has 0 unspecified atom stereocenters. The number of nitrogens with two attached hydrogens (primary N) is 2. The van der Waals surface area contributed by atoms with Crippen molar-refractivity contribution in [3.05, 3.63) is 24.5 Å². The number of nitrogens with one attached hydrogen (secondary N) is 1. The Morgan fingerprint density at radius 1 is 1.38 bits per heavy atom. The van der Waals surface area contributed by atoms with Crippen molar-refractivity contribution in [1.82, 2.24) is 20.0 Å². The molecule has 0 amide bonds. The average molecular weight is 220 g/mol. The van der Waals surface area contributed by atoms with Crippen molar-refractivity contribution in [1.29, 1.82) is 0 Å². The summed E-state index contributed by atoms with van der Waals surface area (Å²) in [5.74, 6) is 2.11. The van der Waals surface area contributed by atoms with E-state index < -0.39 is 0 Å². The fourth-order valence-electron chi connectivity index (χ4n) is 1.31. The van der Waals surface area contributed by atoms with Crippen molar-refractivity contribution in [2.24, 2.45) is 5.92 Å². The lowest BCUT2D eigenvalue weighted by Gasteiger charge is -1.95. The number of aromatic amines is 1. The largest absolute Gasteiger partial charge is 0.384 e. The van der Waals surface area contributed by atoms with Gasteiger partial charge in [-0.3, -0.25) is 9.78 Å². The zero-order chi connectivity index (χ0) is 11.4. The maximum atomic E-state index is 5.44. The molecule has 0 radical (unpaired) electrons. The lowest BCUT2D eigenvalue weighted by Crippen LogP contribution is -2.00. The second kappa shape index (κ2) is 4.69. The van der Waals surface area contributed by atoms with Crippen LogP contribution >= 0.6 is 0 Å². The Bertz CT molecular complexity index is 414. The van der Waals surface area contributed by atoms with E-state index in [1.54, 1.807) is 12.3 Å². The molecule has 0 atom stereocenters. The van der Waals surface area contributed by atoms with Gasteiger partial charge in [-0.05, 0) is 30.9 Å². The van der Waals surface area contributed by atoms with Crippen molar-refractivity contribution in [3.8, 4) is 0 Å². The normalized spacial score (nSPS) is 14.2. The van der Waals surface area contributed by atoms with E-state index in [2.05, 4.69) is 15.3 Å². The molecular weight excluding hydrogens is 204 g/mol. The van der Waals surface area contributed by atoms with E-state index in [9.17, 15) is 0 Å². The molecule has 0 aromatic carbocycles. The first kappa shape index (κ1) is 10.5. The Morgan fingerprint density at radius 3 is 2.56 bits per heavy atom. The van der Waals surface area contributed by atoms with Crippen molar-refractivity contribution in [2.45, 2.75) is 19.4 Å². The molecule has 1 fully saturated rings. The van der Waals surface area contributed by atoms with Gasteiger partial charge in [-0.15, -0.1) is 0 Å². The van der Waals surface area contributed by atoms with E-state index in [1.165, 1.54) is 12.8 Å². The van der Waals surface area contributed by atoms with E-state index in [0.29, 0.717) is 11.6 Å². The molecule has 3 rings (SSSR count). The predicted molar refractivity (Wildman–Crippen MR) is 62.4 cm³/mol. The number of anilines is 2. The van der Waals surface area contributed by atoms with Gasteiger partial charge in [0.05, 0.1) is 6.20 Å². The van der Waals surface area contributed by atoms with Crippen LogP contribution in [0, 0.1) is 5.92 Å². The van der Waals surface area contributed by atoms with Crippen LogP contribution in [-0.2, 0) is 6.54 Å². The second-order valence-corrected chi connectivity index (χ2v) is 3.92. The van der Waals surface area contributed by atoms with Gasteiger partial charge in [0.25, 0.3) is 0 Å². The Morgan fingerprint density at radius 2 is 2.19 bits per heavy atom. The van der Waals surface area contributed by atoms with E-state index >= 15 is 0 Å². The molecule has 2 heterocycles. The highest BCUT2D eigenvalue weighted by Crippen LogP contribution is 2.30. The molecule has 1 aliphatic rings. The zero-order valence-electron chi connectivity index (χ0n) is 9.00. The highest BCUT2D eigenvalue weighted by Gasteiger charge is 2.21. The van der Waals surface area contributed by atoms with Gasteiger partial charge in [-0.2, -0.15) is 10.2 Å². The number of aromatic nitrogens is 4. The maximum absolute atomic E-state index is 5.44. The lowest BCUT2D eigenvalue weighted by atomic mass is 10.4. The first-order valence-corrected chi connectivity index (χ1v) is 5.28. The van der Waals surface area contributed by atoms with Gasteiger partial charge in [0.15, 0.2) is 0 Å². The third-order valence-electron chi connectivity index (χ3n) is 2.33. The van der Waals surface area contributed by atoms with E-state index in [1.807, 2.05) is 16.9 Å². The molecule has 0 aliphatic heterocycles. The van der Waals surface area contributed by atoms with Gasteiger partial charge in [-0.1, -0.05) is 0 Å². The summed E-state index contributed by atoms with van der Waals surface area (Å²) >= 11 is 0. The summed E-state index contributed by atoms with van der Waals surface area (Å²) in [4.78, 5) is 0. The molecule has 86 valence electrons. The zero-order valence-corrected chi connectivity index (χ0v) is 9.00. The number of nitrogen functional groups attached to an aromatic ring is 2. The van der Waals surface area contributed by atoms with Crippen LogP contribution in [0.1, 0.15) is 12.8 Å². The third kappa shape index (κ3) is 3.30. The van der Waals surface area contributed by atoms with Crippen molar-refractivity contribution < 1.29 is 0 Å². The van der Waals surface area contributed by atoms with Gasteiger partial charge in [0, 0.05) is 12.7 Å². The monoisotopic (exact) mass is 220 g/mol. The maximum Gasteiger partial charge on any atom is 0.145 e. The minimum absolute atomic E-state index is 0.606. The number of nitrogens with zero attached hydrogens (tertiary/aromatic N) is 3. The molecule has 0 bridgehead atoms. The minimum atomic E-state index is 0.606. The number of rotatable bonds is 2. The van der Waals surface area contributed by atoms with Gasteiger partial charge < -0.3 is 11.5 Å². The van der Waals surface area contributed by atoms with Gasteiger partial charge >= 0.3 is 0 Å². The van der Waals surface area contributed by atoms with Gasteiger partial charge in [0.2, 0.25) is 0 Å². The summed E-state index contributed by atoms with van der Waals surface area (Å²) in [6.45, 7) is 1.05. The number of hydrogen-bond donors (Lipinski definition) is 3. The van der Waals surface area contributed by atoms with Crippen molar-refractivity contribution in [3.63, 3.8) is 0 Å². The molecule has 1 aliphatic carbocycles. The highest BCUT2D eigenvalue weighted by molar-refractivity contribution is 5.23. The molecule has 16 heavy (non-hydrogen) atoms. The smallest absolute Gasteiger partial charge is 0.145 e. The summed E-state index contributed by atoms with van der Waals surface area (Å²) in [6.07, 6.45) is 6.27. The average Bonchev–Trinajstić information content (AvgIpc) is 2.76. The fourth-order valence-corrected chi connectivity index (χ4v) is 1.31. The topological polar surface area (TPSA) is 98.5 Å². The standard InChI is InChI=1S/C7H11N3.C3H5N3/c8-7-3-4-10(9-7)5-6-1-2-6;4-3-1-2-5-6-3/h3-4,6H,1-2,5H2,(H2,8,9);1-2H,(H3,4,5,6). The molecule has 5 N–H and O–H groups in total. The summed E-state index contributed by atoms with van der Waals surface area (Å²) in [5, 5.41) is 10.2. The molecule has 0 spiro atoms. The summed E-state index contributed by atoms with van der Waals surface area (Å²) in [6, 6.07) is 3.53. The third-order valence-corrected chi connectivity index (χ3v) is 2.33. The van der Waals surface area contributed by atoms with E-state index in [0.717, 1.165) is 12.5 Å². The van der Waals surface area contributed by atoms with E-state index in [-0.39, 0.29) is 0 Å². The molecular formula is C10H16N6. The highest BCUT2D eigenvalue weighted by atomic mass is 15.3. The van der Waals surface area contributed by atoms with Gasteiger partial charge in [0.1, 0.15) is 11.6 Å². The molecule has 0 saturated heterocycles. The molecule has 6 heteroatoms. The van der Waals surface area contributed by atoms with Crippen LogP contribution in [0.25, 0.3) is 0 Å². The van der Waals surface area contributed by atoms with Crippen LogP contribution in [0.3, 0.4) is 0 Å². The first-order chi connectivity index (χ1) is 7.74. The van der Waals surface area contributed by atoms with Crippen LogP contribution < -0.4 is 11.5 Å². The van der Waals surface area contributed by atoms with Crippen LogP contribution in [0.15, 0.2) is 24.5 Å². The summed E-state index contributed by atoms with van der Waals surface area (Å²) < 4.78 is 1.92. The van der Waals surface area contributed by atoms with Crippen LogP contribution in [-0.4, -0.2) is 20.0 Å². The summed E-state index contributed by atoms with van der Waals surface area (Å²) in [7, 11) is 0. The van der Waals surface area contributed by atoms with Gasteiger partial charge in [-0.25, -0.2) is 0 Å². The first-order valence-electron chi connectivity index (χ1n) is 5.28. The van der Waals surface area contributed by atoms with Crippen molar-refractivity contribution in [2.75, 3.05) is 11.5 Å². The molecule has 2 aromatic heterocycles. The Hall–Kier alpha value is -1.98. The number of hydrogen-bond acceptors (Lipinski definition) is 4. The SMILES string of the molecule is Nc1ccn(CC2CC2)n1.Nc1ccn[nH]1. The quantitative estimate of drug-likeness (QED) is 0.699. The van der Waals surface area contributed by atoms with Crippen LogP contribution in [0.5, 0.6) is 0 Å². The molecule has 1 saturated carbocycles. The Labute approximate surface area is 93.6 Å². The van der Waals surface area contributed by atoms with Crippen LogP contribution in [0.4, 0.5) is 11.6 Å². The van der Waals surface area contributed by atoms with E-state index in [4.69, 9.17) is 11.5 Å². The number of H-pyrrole nitrogens is 1. The lowest BCUT2D eigenvalue weighted by molar-refractivity contribution is 0.565.